The first-order chi connectivity index (χ1) is 18.3. The Morgan fingerprint density at radius 2 is 1.92 bits per heavy atom. The SMILES string of the molecule is [C-]#[N+]c1c(-c2ccc(CC(=O)Cc3cc(C4CCC4(C)C)no3)cc2)nn(C(C)C)c1NC(=O)OC(C)(C)C. The fourth-order valence-corrected chi connectivity index (χ4v) is 4.87. The van der Waals surface area contributed by atoms with Crippen LogP contribution in [0.15, 0.2) is 34.9 Å². The Bertz CT molecular complexity index is 1400. The predicted octanol–water partition coefficient (Wildman–Crippen LogP) is 7.27. The Morgan fingerprint density at radius 3 is 2.46 bits per heavy atom. The van der Waals surface area contributed by atoms with Gasteiger partial charge in [-0.15, -0.1) is 0 Å². The molecule has 9 nitrogen and oxygen atoms in total. The highest BCUT2D eigenvalue weighted by Crippen LogP contribution is 2.51. The summed E-state index contributed by atoms with van der Waals surface area (Å²) in [7, 11) is 0. The lowest BCUT2D eigenvalue weighted by Gasteiger charge is -2.43. The van der Waals surface area contributed by atoms with Crippen molar-refractivity contribution in [2.24, 2.45) is 5.41 Å². The monoisotopic (exact) mass is 531 g/mol. The first-order valence-electron chi connectivity index (χ1n) is 13.3. The number of nitrogens with zero attached hydrogens (tertiary/aromatic N) is 4. The fraction of sp³-hybridized carbons (Fsp3) is 0.500. The molecule has 1 saturated carbocycles. The number of hydrogen-bond acceptors (Lipinski definition) is 6. The Labute approximate surface area is 229 Å². The summed E-state index contributed by atoms with van der Waals surface area (Å²) in [6.45, 7) is 21.4. The van der Waals surface area contributed by atoms with Crippen molar-refractivity contribution in [1.29, 1.82) is 0 Å². The highest BCUT2D eigenvalue weighted by molar-refractivity contribution is 5.93. The Morgan fingerprint density at radius 1 is 1.23 bits per heavy atom. The molecule has 1 fully saturated rings. The van der Waals surface area contributed by atoms with Gasteiger partial charge in [0.1, 0.15) is 28.7 Å². The molecule has 1 unspecified atom stereocenters. The number of ether oxygens (including phenoxy) is 1. The second-order valence-electron chi connectivity index (χ2n) is 12.2. The molecule has 0 aliphatic heterocycles. The van der Waals surface area contributed by atoms with Gasteiger partial charge in [0, 0.05) is 24.4 Å². The lowest BCUT2D eigenvalue weighted by molar-refractivity contribution is -0.118. The van der Waals surface area contributed by atoms with E-state index in [1.54, 1.807) is 25.5 Å². The summed E-state index contributed by atoms with van der Waals surface area (Å²) in [5.74, 6) is 1.31. The third-order valence-electron chi connectivity index (χ3n) is 7.06. The van der Waals surface area contributed by atoms with Gasteiger partial charge in [-0.25, -0.2) is 9.64 Å². The number of aromatic nitrogens is 3. The van der Waals surface area contributed by atoms with Crippen molar-refractivity contribution < 1.29 is 18.8 Å². The van der Waals surface area contributed by atoms with Crippen LogP contribution in [0.25, 0.3) is 16.1 Å². The van der Waals surface area contributed by atoms with Gasteiger partial charge in [0.05, 0.1) is 18.7 Å². The first-order valence-corrected chi connectivity index (χ1v) is 13.3. The summed E-state index contributed by atoms with van der Waals surface area (Å²) >= 11 is 0. The summed E-state index contributed by atoms with van der Waals surface area (Å²) in [6.07, 6.45) is 2.08. The molecule has 39 heavy (non-hydrogen) atoms. The number of anilines is 1. The van der Waals surface area contributed by atoms with Crippen LogP contribution in [0.3, 0.4) is 0 Å². The Hall–Kier alpha value is -3.93. The molecular weight excluding hydrogens is 494 g/mol. The van der Waals surface area contributed by atoms with Crippen LogP contribution in [0.4, 0.5) is 16.3 Å². The number of ketones is 1. The van der Waals surface area contributed by atoms with Crippen molar-refractivity contribution in [2.45, 2.75) is 91.7 Å². The molecule has 1 aliphatic rings. The molecule has 0 saturated heterocycles. The summed E-state index contributed by atoms with van der Waals surface area (Å²) in [5, 5.41) is 11.6. The van der Waals surface area contributed by atoms with E-state index in [9.17, 15) is 9.59 Å². The molecule has 0 radical (unpaired) electrons. The number of amides is 1. The molecule has 206 valence electrons. The highest BCUT2D eigenvalue weighted by atomic mass is 16.6. The van der Waals surface area contributed by atoms with Gasteiger partial charge in [-0.1, -0.05) is 43.3 Å². The molecule has 2 aromatic heterocycles. The molecule has 1 atom stereocenters. The van der Waals surface area contributed by atoms with Gasteiger partial charge >= 0.3 is 6.09 Å². The van der Waals surface area contributed by atoms with E-state index in [4.69, 9.17) is 15.8 Å². The number of rotatable bonds is 8. The van der Waals surface area contributed by atoms with E-state index < -0.39 is 11.7 Å². The lowest BCUT2D eigenvalue weighted by Crippen LogP contribution is -2.32. The van der Waals surface area contributed by atoms with Crippen LogP contribution < -0.4 is 5.32 Å². The van der Waals surface area contributed by atoms with Crippen LogP contribution >= 0.6 is 0 Å². The fourth-order valence-electron chi connectivity index (χ4n) is 4.87. The standard InChI is InChI=1S/C30H37N5O4/c1-18(2)35-27(32-28(37)38-29(3,4)5)26(31-8)25(33-35)20-11-9-19(10-12-20)15-21(36)16-22-17-24(34-39-22)23-13-14-30(23,6)7/h9-12,17-18,23H,13-16H2,1-7H3,(H,32,37). The topological polar surface area (TPSA) is 104 Å². The third-order valence-corrected chi connectivity index (χ3v) is 7.06. The minimum absolute atomic E-state index is 0.0353. The molecular formula is C30H37N5O4. The maximum absolute atomic E-state index is 12.8. The van der Waals surface area contributed by atoms with Gasteiger partial charge in [0.2, 0.25) is 0 Å². The Balaban J connectivity index is 1.47. The van der Waals surface area contributed by atoms with Crippen LogP contribution in [0.5, 0.6) is 0 Å². The van der Waals surface area contributed by atoms with Crippen LogP contribution in [0.2, 0.25) is 0 Å². The zero-order valence-electron chi connectivity index (χ0n) is 23.8. The number of carbonyl (C=O) groups is 2. The summed E-state index contributed by atoms with van der Waals surface area (Å²) in [4.78, 5) is 28.9. The molecule has 1 aromatic carbocycles. The maximum Gasteiger partial charge on any atom is 0.412 e. The zero-order valence-corrected chi connectivity index (χ0v) is 23.8. The van der Waals surface area contributed by atoms with E-state index in [0.29, 0.717) is 28.8 Å². The predicted molar refractivity (Wildman–Crippen MR) is 149 cm³/mol. The van der Waals surface area contributed by atoms with E-state index in [0.717, 1.165) is 17.7 Å². The minimum Gasteiger partial charge on any atom is -0.444 e. The van der Waals surface area contributed by atoms with Crippen LogP contribution in [-0.4, -0.2) is 32.4 Å². The average Bonchev–Trinajstić information content (AvgIpc) is 3.41. The smallest absolute Gasteiger partial charge is 0.412 e. The van der Waals surface area contributed by atoms with E-state index in [1.165, 1.54) is 6.42 Å². The highest BCUT2D eigenvalue weighted by Gasteiger charge is 2.41. The number of carbonyl (C=O) groups excluding carboxylic acids is 2. The van der Waals surface area contributed by atoms with Crippen LogP contribution in [0, 0.1) is 12.0 Å². The minimum atomic E-state index is -0.676. The zero-order chi connectivity index (χ0) is 28.5. The Kier molecular flexibility index (Phi) is 7.69. The van der Waals surface area contributed by atoms with Gasteiger partial charge in [0.25, 0.3) is 5.69 Å². The van der Waals surface area contributed by atoms with Gasteiger partial charge in [0.15, 0.2) is 0 Å². The third kappa shape index (κ3) is 6.39. The number of Topliss-reactive ketones (excluding diaryl/α,β-unsaturated/α-hetero) is 1. The van der Waals surface area contributed by atoms with Gasteiger partial charge in [-0.2, -0.15) is 5.10 Å². The molecule has 1 N–H and O–H groups in total. The molecule has 2 heterocycles. The molecule has 3 aromatic rings. The van der Waals surface area contributed by atoms with E-state index in [2.05, 4.69) is 34.3 Å². The molecule has 9 heteroatoms. The number of nitrogens with one attached hydrogen (secondary N) is 1. The van der Waals surface area contributed by atoms with Crippen LogP contribution in [-0.2, 0) is 22.4 Å². The van der Waals surface area contributed by atoms with Gasteiger partial charge < -0.3 is 9.26 Å². The summed E-state index contributed by atoms with van der Waals surface area (Å²) in [6, 6.07) is 9.22. The normalized spacial score (nSPS) is 16.4. The summed E-state index contributed by atoms with van der Waals surface area (Å²) in [5.41, 5.74) is 2.74. The van der Waals surface area contributed by atoms with Gasteiger partial charge in [-0.3, -0.25) is 14.8 Å². The quantitative estimate of drug-likeness (QED) is 0.307. The molecule has 0 spiro atoms. The van der Waals surface area contributed by atoms with Crippen molar-refractivity contribution in [2.75, 3.05) is 5.32 Å². The van der Waals surface area contributed by atoms with Crippen LogP contribution in [0.1, 0.15) is 90.3 Å². The van der Waals surface area contributed by atoms with E-state index >= 15 is 0 Å². The molecule has 1 aliphatic carbocycles. The number of hydrogen-bond donors (Lipinski definition) is 1. The molecule has 4 rings (SSSR count). The average molecular weight is 532 g/mol. The largest absolute Gasteiger partial charge is 0.444 e. The van der Waals surface area contributed by atoms with Crippen molar-refractivity contribution in [3.63, 3.8) is 0 Å². The van der Waals surface area contributed by atoms with Crippen molar-refractivity contribution in [3.8, 4) is 11.3 Å². The number of benzene rings is 1. The van der Waals surface area contributed by atoms with Crippen molar-refractivity contribution >= 4 is 23.4 Å². The van der Waals surface area contributed by atoms with E-state index in [1.807, 2.05) is 44.2 Å². The first kappa shape index (κ1) is 28.1. The van der Waals surface area contributed by atoms with Crippen molar-refractivity contribution in [1.82, 2.24) is 14.9 Å². The van der Waals surface area contributed by atoms with Crippen molar-refractivity contribution in [3.05, 3.63) is 58.8 Å². The van der Waals surface area contributed by atoms with Gasteiger partial charge in [-0.05, 0) is 64.0 Å². The molecule has 1 amide bonds. The lowest BCUT2D eigenvalue weighted by atomic mass is 9.61. The molecule has 0 bridgehead atoms. The second kappa shape index (κ2) is 10.7. The second-order valence-corrected chi connectivity index (χ2v) is 12.2. The van der Waals surface area contributed by atoms with E-state index in [-0.39, 0.29) is 35.8 Å². The maximum atomic E-state index is 12.8. The summed E-state index contributed by atoms with van der Waals surface area (Å²) < 4.78 is 12.5.